The van der Waals surface area contributed by atoms with E-state index in [-0.39, 0.29) is 12.5 Å². The Morgan fingerprint density at radius 3 is 2.63 bits per heavy atom. The molecule has 0 aliphatic heterocycles. The Bertz CT molecular complexity index is 612. The van der Waals surface area contributed by atoms with Crippen molar-refractivity contribution in [3.63, 3.8) is 0 Å². The molecule has 1 aliphatic carbocycles. The van der Waals surface area contributed by atoms with Crippen LogP contribution in [0.5, 0.6) is 0 Å². The second-order valence-corrected chi connectivity index (χ2v) is 5.26. The number of fused-ring (bicyclic) bond motifs is 1. The number of carbonyl (C=O) groups excluding carboxylic acids is 1. The van der Waals surface area contributed by atoms with Crippen LogP contribution >= 0.6 is 0 Å². The van der Waals surface area contributed by atoms with Gasteiger partial charge in [-0.1, -0.05) is 42.5 Å². The van der Waals surface area contributed by atoms with Gasteiger partial charge in [-0.2, -0.15) is 0 Å². The van der Waals surface area contributed by atoms with Gasteiger partial charge in [-0.15, -0.1) is 0 Å². The number of aliphatic hydroxyl groups excluding tert-OH is 1. The fraction of sp³-hybridized carbons (Fsp3) is 0.312. The fourth-order valence-corrected chi connectivity index (χ4v) is 2.42. The highest BCUT2D eigenvalue weighted by molar-refractivity contribution is 5.88. The lowest BCUT2D eigenvalue weighted by molar-refractivity contribution is -0.127. The molecule has 1 saturated carbocycles. The van der Waals surface area contributed by atoms with Crippen molar-refractivity contribution < 1.29 is 9.90 Å². The van der Waals surface area contributed by atoms with Crippen molar-refractivity contribution in [3.8, 4) is 0 Å². The van der Waals surface area contributed by atoms with E-state index in [4.69, 9.17) is 0 Å². The molecule has 0 radical (unpaired) electrons. The standard InChI is InChI=1S/C16H17NO2/c18-11-16(8-9-16)15(19)17-10-13-6-3-5-12-4-1-2-7-14(12)13/h1-7,18H,8-11H2,(H,17,19). The van der Waals surface area contributed by atoms with E-state index in [0.717, 1.165) is 18.4 Å². The van der Waals surface area contributed by atoms with Crippen LogP contribution in [0.3, 0.4) is 0 Å². The van der Waals surface area contributed by atoms with E-state index in [1.54, 1.807) is 0 Å². The van der Waals surface area contributed by atoms with E-state index in [2.05, 4.69) is 23.5 Å². The maximum Gasteiger partial charge on any atom is 0.228 e. The highest BCUT2D eigenvalue weighted by Crippen LogP contribution is 2.45. The molecule has 0 saturated heterocycles. The Morgan fingerprint density at radius 2 is 1.89 bits per heavy atom. The summed E-state index contributed by atoms with van der Waals surface area (Å²) in [5.41, 5.74) is 0.616. The van der Waals surface area contributed by atoms with E-state index >= 15 is 0 Å². The minimum atomic E-state index is -0.495. The molecule has 19 heavy (non-hydrogen) atoms. The Balaban J connectivity index is 1.77. The number of nitrogens with one attached hydrogen (secondary N) is 1. The Morgan fingerprint density at radius 1 is 1.16 bits per heavy atom. The number of hydrogen-bond donors (Lipinski definition) is 2. The summed E-state index contributed by atoms with van der Waals surface area (Å²) in [6, 6.07) is 14.2. The average Bonchev–Trinajstić information content (AvgIpc) is 3.26. The molecule has 0 aromatic heterocycles. The van der Waals surface area contributed by atoms with Gasteiger partial charge in [0.05, 0.1) is 12.0 Å². The van der Waals surface area contributed by atoms with Crippen LogP contribution in [-0.2, 0) is 11.3 Å². The van der Waals surface area contributed by atoms with Crippen LogP contribution in [0.2, 0.25) is 0 Å². The predicted molar refractivity (Wildman–Crippen MR) is 74.5 cm³/mol. The summed E-state index contributed by atoms with van der Waals surface area (Å²) in [5.74, 6) is -0.0251. The van der Waals surface area contributed by atoms with Gasteiger partial charge < -0.3 is 10.4 Å². The first-order valence-corrected chi connectivity index (χ1v) is 6.61. The Labute approximate surface area is 112 Å². The first-order valence-electron chi connectivity index (χ1n) is 6.61. The zero-order valence-electron chi connectivity index (χ0n) is 10.7. The summed E-state index contributed by atoms with van der Waals surface area (Å²) < 4.78 is 0. The number of benzene rings is 2. The molecule has 1 amide bonds. The van der Waals surface area contributed by atoms with Gasteiger partial charge >= 0.3 is 0 Å². The molecule has 0 bridgehead atoms. The second kappa shape index (κ2) is 4.67. The molecule has 3 heteroatoms. The molecule has 0 atom stereocenters. The van der Waals surface area contributed by atoms with Gasteiger partial charge in [0.2, 0.25) is 5.91 Å². The SMILES string of the molecule is O=C(NCc1cccc2ccccc12)C1(CO)CC1. The maximum absolute atomic E-state index is 12.0. The van der Waals surface area contributed by atoms with Crippen molar-refractivity contribution in [2.45, 2.75) is 19.4 Å². The smallest absolute Gasteiger partial charge is 0.228 e. The highest BCUT2D eigenvalue weighted by atomic mass is 16.3. The van der Waals surface area contributed by atoms with Crippen LogP contribution in [0.1, 0.15) is 18.4 Å². The van der Waals surface area contributed by atoms with Gasteiger partial charge in [0.25, 0.3) is 0 Å². The molecule has 2 N–H and O–H groups in total. The van der Waals surface area contributed by atoms with Gasteiger partial charge in [-0.25, -0.2) is 0 Å². The van der Waals surface area contributed by atoms with Crippen molar-refractivity contribution in [3.05, 3.63) is 48.0 Å². The average molecular weight is 255 g/mol. The van der Waals surface area contributed by atoms with Crippen LogP contribution in [0.25, 0.3) is 10.8 Å². The van der Waals surface area contributed by atoms with Gasteiger partial charge in [0, 0.05) is 6.54 Å². The monoisotopic (exact) mass is 255 g/mol. The summed E-state index contributed by atoms with van der Waals surface area (Å²) in [6.07, 6.45) is 1.59. The lowest BCUT2D eigenvalue weighted by atomic mass is 10.0. The van der Waals surface area contributed by atoms with Crippen LogP contribution in [0.4, 0.5) is 0 Å². The lowest BCUT2D eigenvalue weighted by Crippen LogP contribution is -2.33. The van der Waals surface area contributed by atoms with E-state index in [9.17, 15) is 9.90 Å². The van der Waals surface area contributed by atoms with Crippen molar-refractivity contribution in [2.24, 2.45) is 5.41 Å². The van der Waals surface area contributed by atoms with E-state index in [1.165, 1.54) is 10.8 Å². The number of aliphatic hydroxyl groups is 1. The maximum atomic E-state index is 12.0. The summed E-state index contributed by atoms with van der Waals surface area (Å²) in [7, 11) is 0. The van der Waals surface area contributed by atoms with E-state index < -0.39 is 5.41 Å². The molecule has 1 fully saturated rings. The summed E-state index contributed by atoms with van der Waals surface area (Å²) in [5, 5.41) is 14.5. The number of hydrogen-bond acceptors (Lipinski definition) is 2. The van der Waals surface area contributed by atoms with Crippen LogP contribution in [0, 0.1) is 5.41 Å². The zero-order valence-corrected chi connectivity index (χ0v) is 10.7. The molecule has 0 spiro atoms. The molecule has 3 nitrogen and oxygen atoms in total. The minimum absolute atomic E-state index is 0.0251. The van der Waals surface area contributed by atoms with Gasteiger partial charge in [0.15, 0.2) is 0 Å². The summed E-state index contributed by atoms with van der Waals surface area (Å²) in [4.78, 5) is 12.0. The molecule has 0 heterocycles. The Hall–Kier alpha value is -1.87. The second-order valence-electron chi connectivity index (χ2n) is 5.26. The van der Waals surface area contributed by atoms with E-state index in [1.807, 2.05) is 24.3 Å². The third-order valence-corrected chi connectivity index (χ3v) is 3.96. The Kier molecular flexibility index (Phi) is 2.99. The van der Waals surface area contributed by atoms with Crippen molar-refractivity contribution in [2.75, 3.05) is 6.61 Å². The van der Waals surface area contributed by atoms with Gasteiger partial charge in [0.1, 0.15) is 0 Å². The lowest BCUT2D eigenvalue weighted by Gasteiger charge is -2.13. The summed E-state index contributed by atoms with van der Waals surface area (Å²) >= 11 is 0. The molecule has 98 valence electrons. The fourth-order valence-electron chi connectivity index (χ4n) is 2.42. The quantitative estimate of drug-likeness (QED) is 0.880. The van der Waals surface area contributed by atoms with Crippen LogP contribution in [0.15, 0.2) is 42.5 Å². The third-order valence-electron chi connectivity index (χ3n) is 3.96. The van der Waals surface area contributed by atoms with Gasteiger partial charge in [-0.3, -0.25) is 4.79 Å². The number of amides is 1. The molecule has 0 unspecified atom stereocenters. The third kappa shape index (κ3) is 2.22. The predicted octanol–water partition coefficient (Wildman–Crippen LogP) is 2.23. The molecule has 3 rings (SSSR count). The number of carbonyl (C=O) groups is 1. The van der Waals surface area contributed by atoms with Crippen LogP contribution < -0.4 is 5.32 Å². The molecular weight excluding hydrogens is 238 g/mol. The molecular formula is C16H17NO2. The van der Waals surface area contributed by atoms with Gasteiger partial charge in [-0.05, 0) is 29.2 Å². The molecule has 1 aliphatic rings. The highest BCUT2D eigenvalue weighted by Gasteiger charge is 2.49. The first kappa shape index (κ1) is 12.2. The normalized spacial score (nSPS) is 16.3. The van der Waals surface area contributed by atoms with Crippen molar-refractivity contribution in [1.82, 2.24) is 5.32 Å². The summed E-state index contributed by atoms with van der Waals surface area (Å²) in [6.45, 7) is 0.469. The zero-order chi connectivity index (χ0) is 13.3. The van der Waals surface area contributed by atoms with Crippen LogP contribution in [-0.4, -0.2) is 17.6 Å². The van der Waals surface area contributed by atoms with Crippen molar-refractivity contribution in [1.29, 1.82) is 0 Å². The largest absolute Gasteiger partial charge is 0.395 e. The minimum Gasteiger partial charge on any atom is -0.395 e. The molecule has 2 aromatic carbocycles. The topological polar surface area (TPSA) is 49.3 Å². The van der Waals surface area contributed by atoms with Crippen molar-refractivity contribution >= 4 is 16.7 Å². The molecule has 2 aromatic rings. The first-order chi connectivity index (χ1) is 9.25. The number of rotatable bonds is 4. The van der Waals surface area contributed by atoms with E-state index in [0.29, 0.717) is 6.54 Å².